The number of amides is 1. The van der Waals surface area contributed by atoms with Gasteiger partial charge in [-0.25, -0.2) is 4.79 Å². The highest BCUT2D eigenvalue weighted by molar-refractivity contribution is 7.80. The lowest BCUT2D eigenvalue weighted by atomic mass is 10.1. The van der Waals surface area contributed by atoms with Gasteiger partial charge in [0, 0.05) is 13.1 Å². The summed E-state index contributed by atoms with van der Waals surface area (Å²) in [6.45, 7) is 8.25. The fraction of sp³-hybridized carbons (Fsp3) is 0.391. The van der Waals surface area contributed by atoms with Crippen molar-refractivity contribution in [1.29, 1.82) is 0 Å². The number of carbonyl (C=O) groups excluding carboxylic acids is 1. The Balaban J connectivity index is 1.84. The molecule has 2 aromatic rings. The molecule has 0 bridgehead atoms. The summed E-state index contributed by atoms with van der Waals surface area (Å²) in [5.41, 5.74) is 2.11. The van der Waals surface area contributed by atoms with Crippen molar-refractivity contribution in [2.24, 2.45) is 0 Å². The Morgan fingerprint density at radius 1 is 1.17 bits per heavy atom. The van der Waals surface area contributed by atoms with Crippen molar-refractivity contribution >= 4 is 29.0 Å². The molecule has 6 nitrogen and oxygen atoms in total. The zero-order valence-electron chi connectivity index (χ0n) is 18.0. The van der Waals surface area contributed by atoms with Gasteiger partial charge >= 0.3 is 6.09 Å². The Bertz CT molecular complexity index is 939. The minimum atomic E-state index is -0.586. The normalized spacial score (nSPS) is 15.5. The molecule has 1 aliphatic heterocycles. The fourth-order valence-electron chi connectivity index (χ4n) is 3.08. The lowest BCUT2D eigenvalue weighted by Gasteiger charge is -2.29. The smallest absolute Gasteiger partial charge is 0.410 e. The minimum absolute atomic E-state index is 0.162. The molecule has 0 radical (unpaired) electrons. The Hall–Kier alpha value is -2.80. The van der Waals surface area contributed by atoms with E-state index in [0.717, 1.165) is 28.3 Å². The average Bonchev–Trinajstić information content (AvgIpc) is 2.67. The molecule has 1 amide bonds. The van der Waals surface area contributed by atoms with Crippen molar-refractivity contribution in [3.8, 4) is 11.5 Å². The number of nitrogens with one attached hydrogen (secondary N) is 1. The number of benzene rings is 2. The van der Waals surface area contributed by atoms with E-state index in [1.54, 1.807) is 12.0 Å². The molecule has 0 spiro atoms. The second-order valence-electron chi connectivity index (χ2n) is 8.27. The summed E-state index contributed by atoms with van der Waals surface area (Å²) < 4.78 is 16.8. The van der Waals surface area contributed by atoms with Gasteiger partial charge in [0.15, 0.2) is 0 Å². The van der Waals surface area contributed by atoms with E-state index >= 15 is 0 Å². The molecular weight excluding hydrogens is 400 g/mol. The van der Waals surface area contributed by atoms with E-state index in [9.17, 15) is 4.79 Å². The first-order valence-corrected chi connectivity index (χ1v) is 10.3. The van der Waals surface area contributed by atoms with Gasteiger partial charge in [-0.15, -0.1) is 0 Å². The van der Waals surface area contributed by atoms with Crippen LogP contribution in [0.4, 0.5) is 10.5 Å². The third-order valence-corrected chi connectivity index (χ3v) is 4.94. The summed E-state index contributed by atoms with van der Waals surface area (Å²) in [7, 11) is 1.62. The number of hydrogen-bond acceptors (Lipinski definition) is 5. The largest absolute Gasteiger partial charge is 0.497 e. The number of carbonyl (C=O) groups is 1. The summed E-state index contributed by atoms with van der Waals surface area (Å²) in [4.78, 5) is 15.2. The topological polar surface area (TPSA) is 60.0 Å². The van der Waals surface area contributed by atoms with E-state index < -0.39 is 5.60 Å². The number of anilines is 1. The van der Waals surface area contributed by atoms with E-state index in [-0.39, 0.29) is 12.2 Å². The monoisotopic (exact) mass is 428 g/mol. The second kappa shape index (κ2) is 8.92. The van der Waals surface area contributed by atoms with E-state index in [4.69, 9.17) is 26.4 Å². The van der Waals surface area contributed by atoms with Crippen LogP contribution in [0.25, 0.3) is 0 Å². The first-order valence-electron chi connectivity index (χ1n) is 9.86. The summed E-state index contributed by atoms with van der Waals surface area (Å²) >= 11 is 5.31. The Morgan fingerprint density at radius 3 is 2.53 bits per heavy atom. The van der Waals surface area contributed by atoms with Crippen LogP contribution in [0.1, 0.15) is 38.8 Å². The van der Waals surface area contributed by atoms with Crippen molar-refractivity contribution in [3.05, 3.63) is 53.6 Å². The molecule has 0 fully saturated rings. The maximum Gasteiger partial charge on any atom is 0.410 e. The van der Waals surface area contributed by atoms with Crippen molar-refractivity contribution in [2.45, 2.75) is 52.5 Å². The van der Waals surface area contributed by atoms with Crippen molar-refractivity contribution in [3.63, 3.8) is 0 Å². The Kier molecular flexibility index (Phi) is 6.51. The van der Waals surface area contributed by atoms with Gasteiger partial charge in [-0.1, -0.05) is 30.4 Å². The molecule has 1 unspecified atom stereocenters. The van der Waals surface area contributed by atoms with Gasteiger partial charge in [0.1, 0.15) is 28.2 Å². The van der Waals surface area contributed by atoms with Gasteiger partial charge in [0.05, 0.1) is 12.8 Å². The van der Waals surface area contributed by atoms with Crippen LogP contribution < -0.4 is 14.8 Å². The molecule has 2 aromatic carbocycles. The Labute approximate surface area is 183 Å². The van der Waals surface area contributed by atoms with Gasteiger partial charge < -0.3 is 19.5 Å². The van der Waals surface area contributed by atoms with Gasteiger partial charge in [0.25, 0.3) is 0 Å². The standard InChI is InChI=1S/C23H28N2O4S/c1-15-21(30)24-19-12-17(9-10-20(19)28-15)14-25(22(26)29-23(2,3)4)13-16-7-6-8-18(11-16)27-5/h6-12,15H,13-14H2,1-5H3,(H,24,30). The van der Waals surface area contributed by atoms with Gasteiger partial charge in [-0.3, -0.25) is 4.90 Å². The van der Waals surface area contributed by atoms with E-state index in [0.29, 0.717) is 18.1 Å². The summed E-state index contributed by atoms with van der Waals surface area (Å²) in [6.07, 6.45) is -0.541. The molecule has 1 heterocycles. The maximum atomic E-state index is 12.9. The van der Waals surface area contributed by atoms with Crippen molar-refractivity contribution in [1.82, 2.24) is 4.90 Å². The second-order valence-corrected chi connectivity index (χ2v) is 8.71. The lowest BCUT2D eigenvalue weighted by Crippen LogP contribution is -2.36. The van der Waals surface area contributed by atoms with Crippen LogP contribution in [-0.4, -0.2) is 34.8 Å². The highest BCUT2D eigenvalue weighted by Gasteiger charge is 2.24. The lowest BCUT2D eigenvalue weighted by molar-refractivity contribution is 0.0216. The van der Waals surface area contributed by atoms with Crippen LogP contribution >= 0.6 is 12.2 Å². The number of fused-ring (bicyclic) bond motifs is 1. The molecule has 3 rings (SSSR count). The minimum Gasteiger partial charge on any atom is -0.497 e. The van der Waals surface area contributed by atoms with Crippen molar-refractivity contribution < 1.29 is 19.0 Å². The van der Waals surface area contributed by atoms with Crippen LogP contribution in [0.5, 0.6) is 11.5 Å². The molecule has 160 valence electrons. The van der Waals surface area contributed by atoms with Crippen LogP contribution in [0, 0.1) is 0 Å². The first kappa shape index (κ1) is 21.9. The quantitative estimate of drug-likeness (QED) is 0.665. The van der Waals surface area contributed by atoms with E-state index in [1.807, 2.05) is 70.2 Å². The third-order valence-electron chi connectivity index (χ3n) is 4.51. The number of ether oxygens (including phenoxy) is 3. The average molecular weight is 429 g/mol. The molecule has 30 heavy (non-hydrogen) atoms. The number of methoxy groups -OCH3 is 1. The molecule has 0 saturated carbocycles. The summed E-state index contributed by atoms with van der Waals surface area (Å²) in [5.74, 6) is 1.49. The van der Waals surface area contributed by atoms with E-state index in [1.165, 1.54) is 0 Å². The van der Waals surface area contributed by atoms with Gasteiger partial charge in [-0.2, -0.15) is 0 Å². The SMILES string of the molecule is COc1cccc(CN(Cc2ccc3c(c2)NC(=S)C(C)O3)C(=O)OC(C)(C)C)c1. The predicted octanol–water partition coefficient (Wildman–Crippen LogP) is 5.15. The van der Waals surface area contributed by atoms with E-state index in [2.05, 4.69) is 5.32 Å². The van der Waals surface area contributed by atoms with Crippen molar-refractivity contribution in [2.75, 3.05) is 12.4 Å². The highest BCUT2D eigenvalue weighted by Crippen LogP contribution is 2.31. The molecule has 7 heteroatoms. The number of rotatable bonds is 5. The number of nitrogens with zero attached hydrogens (tertiary/aromatic N) is 1. The van der Waals surface area contributed by atoms with Crippen LogP contribution in [0.3, 0.4) is 0 Å². The van der Waals surface area contributed by atoms with Gasteiger partial charge in [0.2, 0.25) is 0 Å². The first-order chi connectivity index (χ1) is 14.1. The molecule has 1 atom stereocenters. The predicted molar refractivity (Wildman–Crippen MR) is 121 cm³/mol. The zero-order chi connectivity index (χ0) is 21.9. The molecular formula is C23H28N2O4S. The number of thiocarbonyl (C=S) groups is 1. The zero-order valence-corrected chi connectivity index (χ0v) is 18.8. The van der Waals surface area contributed by atoms with Crippen LogP contribution in [0.2, 0.25) is 0 Å². The molecule has 1 aliphatic rings. The van der Waals surface area contributed by atoms with Crippen LogP contribution in [-0.2, 0) is 17.8 Å². The van der Waals surface area contributed by atoms with Gasteiger partial charge in [-0.05, 0) is 63.1 Å². The molecule has 0 aliphatic carbocycles. The molecule has 0 aromatic heterocycles. The summed E-state index contributed by atoms with van der Waals surface area (Å²) in [6, 6.07) is 13.5. The summed E-state index contributed by atoms with van der Waals surface area (Å²) in [5, 5.41) is 3.21. The molecule has 1 N–H and O–H groups in total. The van der Waals surface area contributed by atoms with Crippen LogP contribution in [0.15, 0.2) is 42.5 Å². The number of hydrogen-bond donors (Lipinski definition) is 1. The maximum absolute atomic E-state index is 12.9. The highest BCUT2D eigenvalue weighted by atomic mass is 32.1. The Morgan fingerprint density at radius 2 is 1.87 bits per heavy atom. The third kappa shape index (κ3) is 5.63. The molecule has 0 saturated heterocycles. The fourth-order valence-corrected chi connectivity index (χ4v) is 3.24.